The standard InChI is InChI=1S/C27H31N3O4/c1-18(2)25(26(28)31)30-27(32)34-15-9-5-6-10-19-13-14-22-21(16-19)24(33-3)17-23(29-22)20-11-7-4-8-12-20/h4,6-8,10-14,16-18,25H,5,9,15H2,1-3H3,(H2,28,31)(H,30,32)/b10-6+/t25-/m0/s1. The number of pyridine rings is 1. The van der Waals surface area contributed by atoms with Crippen LogP contribution >= 0.6 is 0 Å². The monoisotopic (exact) mass is 461 g/mol. The molecule has 3 rings (SSSR count). The molecule has 0 spiro atoms. The van der Waals surface area contributed by atoms with E-state index in [1.54, 1.807) is 21.0 Å². The topological polar surface area (TPSA) is 104 Å². The second-order valence-electron chi connectivity index (χ2n) is 8.30. The fourth-order valence-electron chi connectivity index (χ4n) is 3.56. The molecule has 1 heterocycles. The molecule has 1 aromatic heterocycles. The zero-order valence-corrected chi connectivity index (χ0v) is 19.8. The SMILES string of the molecule is COc1cc(-c2ccccc2)nc2ccc(/C=C/CCCOC(=O)N[C@H](C(N)=O)C(C)C)cc12. The predicted octanol–water partition coefficient (Wildman–Crippen LogP) is 4.94. The summed E-state index contributed by atoms with van der Waals surface area (Å²) in [5.74, 6) is 0.0938. The Balaban J connectivity index is 1.56. The van der Waals surface area contributed by atoms with Gasteiger partial charge in [0.2, 0.25) is 5.91 Å². The van der Waals surface area contributed by atoms with Gasteiger partial charge in [-0.05, 0) is 36.5 Å². The molecule has 0 bridgehead atoms. The number of alkyl carbamates (subject to hydrolysis) is 1. The molecule has 7 nitrogen and oxygen atoms in total. The van der Waals surface area contributed by atoms with Crippen molar-refractivity contribution in [2.45, 2.75) is 32.7 Å². The Bertz CT molecular complexity index is 1160. The number of benzene rings is 2. The number of amides is 2. The van der Waals surface area contributed by atoms with Crippen LogP contribution in [0, 0.1) is 5.92 Å². The molecule has 2 amide bonds. The highest BCUT2D eigenvalue weighted by atomic mass is 16.5. The molecule has 0 aliphatic carbocycles. The van der Waals surface area contributed by atoms with E-state index in [2.05, 4.69) is 5.32 Å². The lowest BCUT2D eigenvalue weighted by atomic mass is 10.0. The maximum absolute atomic E-state index is 11.8. The lowest BCUT2D eigenvalue weighted by Gasteiger charge is -2.18. The van der Waals surface area contributed by atoms with E-state index >= 15 is 0 Å². The molecule has 0 fully saturated rings. The second kappa shape index (κ2) is 11.8. The van der Waals surface area contributed by atoms with E-state index in [-0.39, 0.29) is 12.5 Å². The number of methoxy groups -OCH3 is 1. The molecule has 2 aromatic carbocycles. The van der Waals surface area contributed by atoms with Crippen LogP contribution in [0.2, 0.25) is 0 Å². The minimum atomic E-state index is -0.740. The molecule has 0 aliphatic rings. The Labute approximate surface area is 200 Å². The normalized spacial score (nSPS) is 12.1. The highest BCUT2D eigenvalue weighted by Gasteiger charge is 2.22. The maximum atomic E-state index is 11.8. The predicted molar refractivity (Wildman–Crippen MR) is 134 cm³/mol. The van der Waals surface area contributed by atoms with Crippen molar-refractivity contribution in [2.75, 3.05) is 13.7 Å². The van der Waals surface area contributed by atoms with Crippen LogP contribution in [-0.2, 0) is 9.53 Å². The smallest absolute Gasteiger partial charge is 0.407 e. The summed E-state index contributed by atoms with van der Waals surface area (Å²) >= 11 is 0. The number of unbranched alkanes of at least 4 members (excludes halogenated alkanes) is 1. The van der Waals surface area contributed by atoms with Gasteiger partial charge in [0.05, 0.1) is 24.9 Å². The lowest BCUT2D eigenvalue weighted by molar-refractivity contribution is -0.120. The molecular weight excluding hydrogens is 430 g/mol. The number of carbonyl (C=O) groups is 2. The molecule has 0 radical (unpaired) electrons. The number of nitrogens with one attached hydrogen (secondary N) is 1. The summed E-state index contributed by atoms with van der Waals surface area (Å²) < 4.78 is 10.8. The van der Waals surface area contributed by atoms with Crippen LogP contribution in [0.5, 0.6) is 5.75 Å². The van der Waals surface area contributed by atoms with Crippen LogP contribution in [0.4, 0.5) is 4.79 Å². The Kier molecular flexibility index (Phi) is 8.62. The Morgan fingerprint density at radius 2 is 1.88 bits per heavy atom. The molecule has 3 N–H and O–H groups in total. The number of nitrogens with zero attached hydrogens (tertiary/aromatic N) is 1. The van der Waals surface area contributed by atoms with E-state index in [1.165, 1.54) is 0 Å². The van der Waals surface area contributed by atoms with Crippen LogP contribution in [0.3, 0.4) is 0 Å². The van der Waals surface area contributed by atoms with Gasteiger partial charge in [-0.3, -0.25) is 4.79 Å². The molecule has 0 saturated carbocycles. The van der Waals surface area contributed by atoms with Crippen molar-refractivity contribution in [3.63, 3.8) is 0 Å². The van der Waals surface area contributed by atoms with Gasteiger partial charge in [0.1, 0.15) is 11.8 Å². The number of allylic oxidation sites excluding steroid dienone is 1. The number of ether oxygens (including phenoxy) is 2. The molecule has 7 heteroatoms. The largest absolute Gasteiger partial charge is 0.496 e. The minimum Gasteiger partial charge on any atom is -0.496 e. The fourth-order valence-corrected chi connectivity index (χ4v) is 3.56. The first-order valence-corrected chi connectivity index (χ1v) is 11.3. The summed E-state index contributed by atoms with van der Waals surface area (Å²) in [7, 11) is 1.66. The number of primary amides is 1. The summed E-state index contributed by atoms with van der Waals surface area (Å²) in [6, 6.07) is 17.3. The van der Waals surface area contributed by atoms with Crippen molar-refractivity contribution in [2.24, 2.45) is 11.7 Å². The highest BCUT2D eigenvalue weighted by molar-refractivity contribution is 5.89. The number of carbonyl (C=O) groups excluding carboxylic acids is 2. The van der Waals surface area contributed by atoms with Crippen molar-refractivity contribution in [3.05, 3.63) is 66.2 Å². The first-order valence-electron chi connectivity index (χ1n) is 11.3. The van der Waals surface area contributed by atoms with Crippen LogP contribution in [0.1, 0.15) is 32.3 Å². The zero-order chi connectivity index (χ0) is 24.5. The summed E-state index contributed by atoms with van der Waals surface area (Å²) in [4.78, 5) is 28.0. The zero-order valence-electron chi connectivity index (χ0n) is 19.8. The van der Waals surface area contributed by atoms with Gasteiger partial charge in [-0.15, -0.1) is 0 Å². The van der Waals surface area contributed by atoms with E-state index in [4.69, 9.17) is 20.2 Å². The third kappa shape index (κ3) is 6.57. The summed E-state index contributed by atoms with van der Waals surface area (Å²) in [5, 5.41) is 3.45. The Morgan fingerprint density at radius 1 is 1.12 bits per heavy atom. The summed E-state index contributed by atoms with van der Waals surface area (Å²) in [6.45, 7) is 3.86. The van der Waals surface area contributed by atoms with Crippen molar-refractivity contribution < 1.29 is 19.1 Å². The highest BCUT2D eigenvalue weighted by Crippen LogP contribution is 2.30. The van der Waals surface area contributed by atoms with Crippen LogP contribution < -0.4 is 15.8 Å². The average molecular weight is 462 g/mol. The molecule has 3 aromatic rings. The van der Waals surface area contributed by atoms with Crippen LogP contribution in [0.15, 0.2) is 60.7 Å². The first kappa shape index (κ1) is 24.8. The summed E-state index contributed by atoms with van der Waals surface area (Å²) in [5.41, 5.74) is 9.09. The molecule has 1 atom stereocenters. The number of fused-ring (bicyclic) bond motifs is 1. The van der Waals surface area contributed by atoms with Gasteiger partial charge in [0, 0.05) is 17.0 Å². The molecule has 0 aliphatic heterocycles. The van der Waals surface area contributed by atoms with Gasteiger partial charge in [-0.1, -0.05) is 62.4 Å². The van der Waals surface area contributed by atoms with Crippen molar-refractivity contribution >= 4 is 29.0 Å². The number of hydrogen-bond acceptors (Lipinski definition) is 5. The van der Waals surface area contributed by atoms with E-state index < -0.39 is 18.0 Å². The number of rotatable bonds is 10. The van der Waals surface area contributed by atoms with Crippen LogP contribution in [0.25, 0.3) is 28.2 Å². The second-order valence-corrected chi connectivity index (χ2v) is 8.30. The molecule has 178 valence electrons. The van der Waals surface area contributed by atoms with E-state index in [1.807, 2.05) is 66.7 Å². The maximum Gasteiger partial charge on any atom is 0.407 e. The third-order valence-electron chi connectivity index (χ3n) is 5.39. The van der Waals surface area contributed by atoms with E-state index in [9.17, 15) is 9.59 Å². The van der Waals surface area contributed by atoms with Gasteiger partial charge in [0.25, 0.3) is 0 Å². The van der Waals surface area contributed by atoms with Gasteiger partial charge >= 0.3 is 6.09 Å². The van der Waals surface area contributed by atoms with Crippen molar-refractivity contribution in [3.8, 4) is 17.0 Å². The van der Waals surface area contributed by atoms with Crippen molar-refractivity contribution in [1.29, 1.82) is 0 Å². The number of hydrogen-bond donors (Lipinski definition) is 2. The van der Waals surface area contributed by atoms with Gasteiger partial charge in [-0.25, -0.2) is 9.78 Å². The number of nitrogens with two attached hydrogens (primary N) is 1. The molecular formula is C27H31N3O4. The van der Waals surface area contributed by atoms with Crippen LogP contribution in [-0.4, -0.2) is 36.7 Å². The van der Waals surface area contributed by atoms with Gasteiger partial charge < -0.3 is 20.5 Å². The van der Waals surface area contributed by atoms with Gasteiger partial charge in [-0.2, -0.15) is 0 Å². The van der Waals surface area contributed by atoms with E-state index in [0.717, 1.165) is 39.9 Å². The Morgan fingerprint density at radius 3 is 2.56 bits per heavy atom. The fraction of sp³-hybridized carbons (Fsp3) is 0.296. The quantitative estimate of drug-likeness (QED) is 0.416. The third-order valence-corrected chi connectivity index (χ3v) is 5.39. The Hall–Kier alpha value is -3.87. The molecule has 0 saturated heterocycles. The first-order chi connectivity index (χ1) is 16.4. The lowest BCUT2D eigenvalue weighted by Crippen LogP contribution is -2.47. The van der Waals surface area contributed by atoms with Gasteiger partial charge in [0.15, 0.2) is 0 Å². The number of aromatic nitrogens is 1. The molecule has 34 heavy (non-hydrogen) atoms. The molecule has 0 unspecified atom stereocenters. The van der Waals surface area contributed by atoms with E-state index in [0.29, 0.717) is 6.42 Å². The summed E-state index contributed by atoms with van der Waals surface area (Å²) in [6.07, 6.45) is 4.81. The average Bonchev–Trinajstić information content (AvgIpc) is 2.84. The van der Waals surface area contributed by atoms with Crippen molar-refractivity contribution in [1.82, 2.24) is 10.3 Å². The minimum absolute atomic E-state index is 0.103.